The summed E-state index contributed by atoms with van der Waals surface area (Å²) in [5, 5.41) is 11.3. The van der Waals surface area contributed by atoms with Gasteiger partial charge in [-0.2, -0.15) is 5.10 Å². The number of carbonyl (C=O) groups is 1. The number of hydrogen-bond acceptors (Lipinski definition) is 3. The normalized spacial score (nSPS) is 15.4. The summed E-state index contributed by atoms with van der Waals surface area (Å²) in [5.74, 6) is 0.755. The summed E-state index contributed by atoms with van der Waals surface area (Å²) in [6.07, 6.45) is 5.83. The van der Waals surface area contributed by atoms with Crippen molar-refractivity contribution in [2.75, 3.05) is 27.2 Å². The molecule has 1 aromatic heterocycles. The monoisotopic (exact) mass is 348 g/mol. The lowest BCUT2D eigenvalue weighted by Gasteiger charge is -2.18. The van der Waals surface area contributed by atoms with E-state index in [2.05, 4.69) is 33.7 Å². The molecule has 2 rings (SSSR count). The fourth-order valence-corrected chi connectivity index (χ4v) is 3.04. The van der Waals surface area contributed by atoms with Crippen molar-refractivity contribution < 1.29 is 4.79 Å². The first kappa shape index (κ1) is 19.3. The first-order valence-corrected chi connectivity index (χ1v) is 9.22. The first-order chi connectivity index (χ1) is 12.0. The molecule has 1 saturated carbocycles. The second kappa shape index (κ2) is 9.44. The van der Waals surface area contributed by atoms with Crippen LogP contribution in [-0.4, -0.2) is 59.8 Å². The van der Waals surface area contributed by atoms with E-state index in [1.54, 1.807) is 19.0 Å². The first-order valence-electron chi connectivity index (χ1n) is 9.22. The zero-order valence-electron chi connectivity index (χ0n) is 16.0. The van der Waals surface area contributed by atoms with Crippen LogP contribution in [0.25, 0.3) is 0 Å². The topological polar surface area (TPSA) is 74.6 Å². The van der Waals surface area contributed by atoms with Crippen LogP contribution in [0.3, 0.4) is 0 Å². The van der Waals surface area contributed by atoms with Gasteiger partial charge in [0.05, 0.1) is 5.69 Å². The van der Waals surface area contributed by atoms with Crippen molar-refractivity contribution in [3.63, 3.8) is 0 Å². The van der Waals surface area contributed by atoms with Crippen LogP contribution in [0.1, 0.15) is 43.5 Å². The molecule has 7 heteroatoms. The zero-order valence-corrected chi connectivity index (χ0v) is 16.0. The number of aliphatic imine (C=N–C) groups is 1. The van der Waals surface area contributed by atoms with Crippen LogP contribution in [0.2, 0.25) is 0 Å². The summed E-state index contributed by atoms with van der Waals surface area (Å²) in [4.78, 5) is 17.8. The molecule has 1 heterocycles. The molecule has 0 atom stereocenters. The van der Waals surface area contributed by atoms with Crippen LogP contribution in [-0.2, 0) is 11.3 Å². The SMILES string of the molecule is Cc1cc(C)n(CCCNC(=NCC(=O)N(C)C)NC2CCCC2)n1. The maximum absolute atomic E-state index is 11.8. The van der Waals surface area contributed by atoms with Crippen LogP contribution in [0, 0.1) is 13.8 Å². The predicted molar refractivity (Wildman–Crippen MR) is 101 cm³/mol. The van der Waals surface area contributed by atoms with Gasteiger partial charge in [-0.05, 0) is 39.2 Å². The zero-order chi connectivity index (χ0) is 18.2. The van der Waals surface area contributed by atoms with Crippen LogP contribution in [0.15, 0.2) is 11.1 Å². The van der Waals surface area contributed by atoms with Crippen molar-refractivity contribution in [3.05, 3.63) is 17.5 Å². The summed E-state index contributed by atoms with van der Waals surface area (Å²) in [6, 6.07) is 2.56. The number of carbonyl (C=O) groups excluding carboxylic acids is 1. The molecule has 1 aromatic rings. The van der Waals surface area contributed by atoms with Gasteiger partial charge >= 0.3 is 0 Å². The summed E-state index contributed by atoms with van der Waals surface area (Å²) >= 11 is 0. The molecule has 2 N–H and O–H groups in total. The minimum Gasteiger partial charge on any atom is -0.356 e. The van der Waals surface area contributed by atoms with Crippen molar-refractivity contribution in [1.82, 2.24) is 25.3 Å². The van der Waals surface area contributed by atoms with E-state index in [-0.39, 0.29) is 12.5 Å². The van der Waals surface area contributed by atoms with E-state index in [0.717, 1.165) is 31.2 Å². The maximum atomic E-state index is 11.8. The molecule has 140 valence electrons. The lowest BCUT2D eigenvalue weighted by atomic mass is 10.2. The van der Waals surface area contributed by atoms with E-state index in [1.165, 1.54) is 31.4 Å². The van der Waals surface area contributed by atoms with Gasteiger partial charge in [-0.15, -0.1) is 0 Å². The minimum absolute atomic E-state index is 0.00941. The third kappa shape index (κ3) is 6.40. The molecule has 1 amide bonds. The van der Waals surface area contributed by atoms with Crippen LogP contribution >= 0.6 is 0 Å². The summed E-state index contributed by atoms with van der Waals surface area (Å²) < 4.78 is 2.04. The van der Waals surface area contributed by atoms with Crippen LogP contribution in [0.4, 0.5) is 0 Å². The second-order valence-corrected chi connectivity index (χ2v) is 7.01. The lowest BCUT2D eigenvalue weighted by Crippen LogP contribution is -2.43. The van der Waals surface area contributed by atoms with Gasteiger partial charge in [0.15, 0.2) is 5.96 Å². The number of aromatic nitrogens is 2. The third-order valence-electron chi connectivity index (χ3n) is 4.51. The summed E-state index contributed by atoms with van der Waals surface area (Å²) in [6.45, 7) is 5.94. The minimum atomic E-state index is 0.00941. The molecule has 1 aliphatic rings. The quantitative estimate of drug-likeness (QED) is 0.444. The number of rotatable bonds is 7. The molecule has 0 unspecified atom stereocenters. The third-order valence-corrected chi connectivity index (χ3v) is 4.51. The van der Waals surface area contributed by atoms with Crippen molar-refractivity contribution >= 4 is 11.9 Å². The van der Waals surface area contributed by atoms with E-state index in [0.29, 0.717) is 6.04 Å². The van der Waals surface area contributed by atoms with Crippen LogP contribution < -0.4 is 10.6 Å². The largest absolute Gasteiger partial charge is 0.356 e. The smallest absolute Gasteiger partial charge is 0.243 e. The Hall–Kier alpha value is -2.05. The van der Waals surface area contributed by atoms with Crippen molar-refractivity contribution in [1.29, 1.82) is 0 Å². The Morgan fingerprint density at radius 2 is 2.08 bits per heavy atom. The molecule has 1 fully saturated rings. The van der Waals surface area contributed by atoms with Crippen molar-refractivity contribution in [3.8, 4) is 0 Å². The number of hydrogen-bond donors (Lipinski definition) is 2. The van der Waals surface area contributed by atoms with Gasteiger partial charge in [0.2, 0.25) is 5.91 Å². The Morgan fingerprint density at radius 3 is 2.68 bits per heavy atom. The number of nitrogens with one attached hydrogen (secondary N) is 2. The number of amides is 1. The van der Waals surface area contributed by atoms with E-state index >= 15 is 0 Å². The van der Waals surface area contributed by atoms with Crippen molar-refractivity contribution in [2.45, 2.75) is 58.5 Å². The highest BCUT2D eigenvalue weighted by Crippen LogP contribution is 2.17. The highest BCUT2D eigenvalue weighted by atomic mass is 16.2. The Morgan fingerprint density at radius 1 is 1.36 bits per heavy atom. The van der Waals surface area contributed by atoms with Gasteiger partial charge in [-0.3, -0.25) is 9.48 Å². The Balaban J connectivity index is 1.82. The summed E-state index contributed by atoms with van der Waals surface area (Å²) in [7, 11) is 3.51. The van der Waals surface area contributed by atoms with Gasteiger partial charge in [-0.25, -0.2) is 4.99 Å². The van der Waals surface area contributed by atoms with Crippen molar-refractivity contribution in [2.24, 2.45) is 4.99 Å². The molecule has 7 nitrogen and oxygen atoms in total. The fraction of sp³-hybridized carbons (Fsp3) is 0.722. The van der Waals surface area contributed by atoms with Gasteiger partial charge < -0.3 is 15.5 Å². The molecule has 0 bridgehead atoms. The molecule has 0 radical (unpaired) electrons. The molecule has 0 spiro atoms. The van der Waals surface area contributed by atoms with Gasteiger partial charge in [-0.1, -0.05) is 12.8 Å². The van der Waals surface area contributed by atoms with E-state index in [1.807, 2.05) is 11.6 Å². The molecule has 0 saturated heterocycles. The molecule has 1 aliphatic carbocycles. The lowest BCUT2D eigenvalue weighted by molar-refractivity contribution is -0.127. The number of nitrogens with zero attached hydrogens (tertiary/aromatic N) is 4. The van der Waals surface area contributed by atoms with Gasteiger partial charge in [0.25, 0.3) is 0 Å². The highest BCUT2D eigenvalue weighted by molar-refractivity contribution is 5.84. The molecular formula is C18H32N6O. The second-order valence-electron chi connectivity index (χ2n) is 7.01. The predicted octanol–water partition coefficient (Wildman–Crippen LogP) is 1.46. The fourth-order valence-electron chi connectivity index (χ4n) is 3.04. The number of aryl methyl sites for hydroxylation is 3. The number of guanidine groups is 1. The molecule has 0 aliphatic heterocycles. The standard InChI is InChI=1S/C18H32N6O/c1-14-12-15(2)24(22-14)11-7-10-19-18(20-13-17(25)23(3)4)21-16-8-5-6-9-16/h12,16H,5-11,13H2,1-4H3,(H2,19,20,21). The van der Waals surface area contributed by atoms with Gasteiger partial charge in [0.1, 0.15) is 6.54 Å². The number of likely N-dealkylation sites (N-methyl/N-ethyl adjacent to an activating group) is 1. The molecular weight excluding hydrogens is 316 g/mol. The highest BCUT2D eigenvalue weighted by Gasteiger charge is 2.16. The molecule has 25 heavy (non-hydrogen) atoms. The van der Waals surface area contributed by atoms with Gasteiger partial charge in [0, 0.05) is 38.9 Å². The summed E-state index contributed by atoms with van der Waals surface area (Å²) in [5.41, 5.74) is 2.24. The van der Waals surface area contributed by atoms with E-state index in [9.17, 15) is 4.79 Å². The Kier molecular flexibility index (Phi) is 7.28. The Bertz CT molecular complexity index is 586. The van der Waals surface area contributed by atoms with E-state index in [4.69, 9.17) is 0 Å². The average Bonchev–Trinajstić information content (AvgIpc) is 3.17. The maximum Gasteiger partial charge on any atom is 0.243 e. The molecule has 0 aromatic carbocycles. The van der Waals surface area contributed by atoms with Crippen LogP contribution in [0.5, 0.6) is 0 Å². The average molecular weight is 348 g/mol. The Labute approximate surface area is 150 Å². The van der Waals surface area contributed by atoms with E-state index < -0.39 is 0 Å².